The third-order valence-corrected chi connectivity index (χ3v) is 4.92. The molecule has 0 aliphatic carbocycles. The van der Waals surface area contributed by atoms with Gasteiger partial charge in [-0.15, -0.1) is 11.8 Å². The van der Waals surface area contributed by atoms with Crippen LogP contribution in [0.15, 0.2) is 47.4 Å². The minimum atomic E-state index is -0.211. The molecule has 0 saturated carbocycles. The SMILES string of the molecule is CNC(CSc1ccc(F)cc1)Cc1ccc(Cl)cc1Cl. The summed E-state index contributed by atoms with van der Waals surface area (Å²) < 4.78 is 12.9. The zero-order valence-electron chi connectivity index (χ0n) is 11.6. The third-order valence-electron chi connectivity index (χ3n) is 3.15. The van der Waals surface area contributed by atoms with E-state index >= 15 is 0 Å². The lowest BCUT2D eigenvalue weighted by atomic mass is 10.1. The van der Waals surface area contributed by atoms with Crippen molar-refractivity contribution in [3.05, 3.63) is 63.9 Å². The quantitative estimate of drug-likeness (QED) is 0.736. The number of nitrogens with one attached hydrogen (secondary N) is 1. The van der Waals surface area contributed by atoms with Crippen molar-refractivity contribution in [2.75, 3.05) is 12.8 Å². The Bertz CT molecular complexity index is 589. The Morgan fingerprint density at radius 3 is 2.48 bits per heavy atom. The molecule has 2 aromatic carbocycles. The summed E-state index contributed by atoms with van der Waals surface area (Å²) >= 11 is 13.8. The first-order valence-corrected chi connectivity index (χ1v) is 8.32. The fourth-order valence-corrected chi connectivity index (χ4v) is 3.42. The number of rotatable bonds is 6. The van der Waals surface area contributed by atoms with Crippen LogP contribution in [-0.2, 0) is 6.42 Å². The molecule has 0 spiro atoms. The van der Waals surface area contributed by atoms with Crippen molar-refractivity contribution in [2.45, 2.75) is 17.4 Å². The zero-order valence-corrected chi connectivity index (χ0v) is 13.9. The van der Waals surface area contributed by atoms with E-state index in [1.807, 2.05) is 19.2 Å². The van der Waals surface area contributed by atoms with Crippen LogP contribution in [0.2, 0.25) is 10.0 Å². The molecular weight excluding hydrogens is 328 g/mol. The van der Waals surface area contributed by atoms with Crippen LogP contribution in [0.1, 0.15) is 5.56 Å². The maximum absolute atomic E-state index is 12.9. The highest BCUT2D eigenvalue weighted by Gasteiger charge is 2.11. The Morgan fingerprint density at radius 2 is 1.86 bits per heavy atom. The molecular formula is C16H16Cl2FNS. The maximum Gasteiger partial charge on any atom is 0.123 e. The molecule has 5 heteroatoms. The molecule has 21 heavy (non-hydrogen) atoms. The standard InChI is InChI=1S/C16H16Cl2FNS/c1-20-14(8-11-2-3-12(17)9-16(11)18)10-21-15-6-4-13(19)5-7-15/h2-7,9,14,20H,8,10H2,1H3. The van der Waals surface area contributed by atoms with Gasteiger partial charge in [-0.25, -0.2) is 4.39 Å². The lowest BCUT2D eigenvalue weighted by Gasteiger charge is -2.17. The van der Waals surface area contributed by atoms with Crippen molar-refractivity contribution < 1.29 is 4.39 Å². The molecule has 1 unspecified atom stereocenters. The summed E-state index contributed by atoms with van der Waals surface area (Å²) in [7, 11) is 1.93. The molecule has 1 N–H and O–H groups in total. The highest BCUT2D eigenvalue weighted by atomic mass is 35.5. The molecule has 0 saturated heterocycles. The summed E-state index contributed by atoms with van der Waals surface area (Å²) in [6, 6.07) is 12.4. The molecule has 0 aromatic heterocycles. The lowest BCUT2D eigenvalue weighted by molar-refractivity contribution is 0.617. The Labute approximate surface area is 138 Å². The number of hydrogen-bond acceptors (Lipinski definition) is 2. The summed E-state index contributed by atoms with van der Waals surface area (Å²) in [6.07, 6.45) is 0.820. The van der Waals surface area contributed by atoms with Crippen LogP contribution >= 0.6 is 35.0 Å². The van der Waals surface area contributed by atoms with Gasteiger partial charge in [-0.1, -0.05) is 29.3 Å². The van der Waals surface area contributed by atoms with E-state index in [0.29, 0.717) is 10.0 Å². The van der Waals surface area contributed by atoms with Crippen molar-refractivity contribution >= 4 is 35.0 Å². The van der Waals surface area contributed by atoms with Crippen LogP contribution in [0, 0.1) is 5.82 Å². The van der Waals surface area contributed by atoms with E-state index < -0.39 is 0 Å². The molecule has 0 heterocycles. The fourth-order valence-electron chi connectivity index (χ4n) is 1.92. The smallest absolute Gasteiger partial charge is 0.123 e. The number of halogens is 3. The second kappa shape index (κ2) is 8.04. The van der Waals surface area contributed by atoms with Crippen molar-refractivity contribution in [1.29, 1.82) is 0 Å². The van der Waals surface area contributed by atoms with Crippen LogP contribution in [0.5, 0.6) is 0 Å². The van der Waals surface area contributed by atoms with Crippen LogP contribution in [-0.4, -0.2) is 18.8 Å². The van der Waals surface area contributed by atoms with Gasteiger partial charge < -0.3 is 5.32 Å². The van der Waals surface area contributed by atoms with Gasteiger partial charge in [0.25, 0.3) is 0 Å². The van der Waals surface area contributed by atoms with E-state index in [4.69, 9.17) is 23.2 Å². The molecule has 0 aliphatic heterocycles. The van der Waals surface area contributed by atoms with Gasteiger partial charge in [-0.2, -0.15) is 0 Å². The fraction of sp³-hybridized carbons (Fsp3) is 0.250. The van der Waals surface area contributed by atoms with Gasteiger partial charge in [0.2, 0.25) is 0 Å². The Kier molecular flexibility index (Phi) is 6.37. The Morgan fingerprint density at radius 1 is 1.14 bits per heavy atom. The van der Waals surface area contributed by atoms with Gasteiger partial charge in [-0.3, -0.25) is 0 Å². The first-order valence-electron chi connectivity index (χ1n) is 6.58. The lowest BCUT2D eigenvalue weighted by Crippen LogP contribution is -2.30. The van der Waals surface area contributed by atoms with Crippen LogP contribution in [0.3, 0.4) is 0 Å². The van der Waals surface area contributed by atoms with Gasteiger partial charge >= 0.3 is 0 Å². The molecule has 1 atom stereocenters. The molecule has 112 valence electrons. The van der Waals surface area contributed by atoms with Crippen molar-refractivity contribution in [1.82, 2.24) is 5.32 Å². The van der Waals surface area contributed by atoms with Crippen molar-refractivity contribution in [3.8, 4) is 0 Å². The van der Waals surface area contributed by atoms with E-state index in [1.54, 1.807) is 30.0 Å². The summed E-state index contributed by atoms with van der Waals surface area (Å²) in [5, 5.41) is 4.62. The number of benzene rings is 2. The maximum atomic E-state index is 12.9. The van der Waals surface area contributed by atoms with Gasteiger partial charge in [0.15, 0.2) is 0 Å². The molecule has 0 radical (unpaired) electrons. The number of hydrogen-bond donors (Lipinski definition) is 1. The topological polar surface area (TPSA) is 12.0 Å². The molecule has 0 amide bonds. The van der Waals surface area contributed by atoms with Gasteiger partial charge in [0, 0.05) is 26.7 Å². The van der Waals surface area contributed by atoms with Crippen LogP contribution in [0.25, 0.3) is 0 Å². The van der Waals surface area contributed by atoms with Crippen molar-refractivity contribution in [2.24, 2.45) is 0 Å². The molecule has 0 aliphatic rings. The monoisotopic (exact) mass is 343 g/mol. The molecule has 2 aromatic rings. The molecule has 1 nitrogen and oxygen atoms in total. The average Bonchev–Trinajstić information content (AvgIpc) is 2.47. The van der Waals surface area contributed by atoms with E-state index in [-0.39, 0.29) is 11.9 Å². The van der Waals surface area contributed by atoms with E-state index in [2.05, 4.69) is 5.32 Å². The minimum Gasteiger partial charge on any atom is -0.316 e. The molecule has 0 fully saturated rings. The predicted molar refractivity (Wildman–Crippen MR) is 90.1 cm³/mol. The Hall–Kier alpha value is -0.740. The highest BCUT2D eigenvalue weighted by Crippen LogP contribution is 2.24. The summed E-state index contributed by atoms with van der Waals surface area (Å²) in [4.78, 5) is 1.05. The summed E-state index contributed by atoms with van der Waals surface area (Å²) in [6.45, 7) is 0. The second-order valence-electron chi connectivity index (χ2n) is 4.69. The average molecular weight is 344 g/mol. The molecule has 2 rings (SSSR count). The van der Waals surface area contributed by atoms with E-state index in [1.165, 1.54) is 12.1 Å². The van der Waals surface area contributed by atoms with Crippen LogP contribution < -0.4 is 5.32 Å². The minimum absolute atomic E-state index is 0.211. The second-order valence-corrected chi connectivity index (χ2v) is 6.63. The van der Waals surface area contributed by atoms with E-state index in [0.717, 1.165) is 22.6 Å². The number of thioether (sulfide) groups is 1. The first-order chi connectivity index (χ1) is 10.1. The number of likely N-dealkylation sites (N-methyl/N-ethyl adjacent to an activating group) is 1. The van der Waals surface area contributed by atoms with Gasteiger partial charge in [0.05, 0.1) is 0 Å². The third kappa shape index (κ3) is 5.19. The normalized spacial score (nSPS) is 12.4. The van der Waals surface area contributed by atoms with Crippen molar-refractivity contribution in [3.63, 3.8) is 0 Å². The highest BCUT2D eigenvalue weighted by molar-refractivity contribution is 7.99. The predicted octanol–water partition coefficient (Wildman–Crippen LogP) is 5.06. The van der Waals surface area contributed by atoms with Gasteiger partial charge in [0.1, 0.15) is 5.82 Å². The van der Waals surface area contributed by atoms with Crippen LogP contribution in [0.4, 0.5) is 4.39 Å². The molecule has 0 bridgehead atoms. The van der Waals surface area contributed by atoms with Gasteiger partial charge in [-0.05, 0) is 55.4 Å². The van der Waals surface area contributed by atoms with E-state index in [9.17, 15) is 4.39 Å². The Balaban J connectivity index is 1.95. The first kappa shape index (κ1) is 16.6. The zero-order chi connectivity index (χ0) is 15.2. The summed E-state index contributed by atoms with van der Waals surface area (Å²) in [5.74, 6) is 0.665. The largest absolute Gasteiger partial charge is 0.316 e. The summed E-state index contributed by atoms with van der Waals surface area (Å²) in [5.41, 5.74) is 1.07.